The van der Waals surface area contributed by atoms with E-state index < -0.39 is 17.8 Å². The monoisotopic (exact) mass is 265 g/mol. The zero-order valence-electron chi connectivity index (χ0n) is 10.9. The largest absolute Gasteiger partial charge is 0.481 e. The van der Waals surface area contributed by atoms with Gasteiger partial charge in [0.25, 0.3) is 0 Å². The Balaban J connectivity index is 2.02. The van der Waals surface area contributed by atoms with Crippen LogP contribution in [0.25, 0.3) is 0 Å². The van der Waals surface area contributed by atoms with Crippen LogP contribution in [0.5, 0.6) is 0 Å². The van der Waals surface area contributed by atoms with E-state index in [4.69, 9.17) is 5.11 Å². The molecule has 1 aliphatic carbocycles. The molecule has 3 atom stereocenters. The van der Waals surface area contributed by atoms with Gasteiger partial charge in [0.05, 0.1) is 17.9 Å². The number of nitrogens with zero attached hydrogens (tertiary/aromatic N) is 1. The van der Waals surface area contributed by atoms with E-state index >= 15 is 0 Å². The molecule has 0 spiro atoms. The Morgan fingerprint density at radius 2 is 2.26 bits per heavy atom. The van der Waals surface area contributed by atoms with Crippen LogP contribution < -0.4 is 5.32 Å². The van der Waals surface area contributed by atoms with Crippen LogP contribution in [0, 0.1) is 11.8 Å². The summed E-state index contributed by atoms with van der Waals surface area (Å²) in [6, 6.07) is -0.183. The van der Waals surface area contributed by atoms with Crippen molar-refractivity contribution in [1.82, 2.24) is 15.3 Å². The van der Waals surface area contributed by atoms with E-state index in [-0.39, 0.29) is 11.9 Å². The van der Waals surface area contributed by atoms with Gasteiger partial charge in [-0.3, -0.25) is 9.59 Å². The number of aliphatic carboxylic acids is 1. The van der Waals surface area contributed by atoms with Crippen molar-refractivity contribution in [3.05, 3.63) is 18.2 Å². The van der Waals surface area contributed by atoms with E-state index in [0.717, 1.165) is 6.42 Å². The molecule has 0 radical (unpaired) electrons. The van der Waals surface area contributed by atoms with Gasteiger partial charge in [-0.1, -0.05) is 13.3 Å². The quantitative estimate of drug-likeness (QED) is 0.751. The summed E-state index contributed by atoms with van der Waals surface area (Å²) in [6.07, 6.45) is 6.10. The second-order valence-electron chi connectivity index (χ2n) is 4.93. The molecule has 6 heteroatoms. The fourth-order valence-corrected chi connectivity index (χ4v) is 2.68. The molecule has 0 saturated heterocycles. The Morgan fingerprint density at radius 1 is 1.53 bits per heavy atom. The molecule has 1 saturated carbocycles. The molecule has 1 aliphatic rings. The number of hydrogen-bond donors (Lipinski definition) is 3. The molecule has 1 aromatic heterocycles. The van der Waals surface area contributed by atoms with Gasteiger partial charge in [-0.15, -0.1) is 0 Å². The van der Waals surface area contributed by atoms with Crippen molar-refractivity contribution in [3.8, 4) is 0 Å². The van der Waals surface area contributed by atoms with E-state index in [1.165, 1.54) is 0 Å². The minimum atomic E-state index is -0.872. The summed E-state index contributed by atoms with van der Waals surface area (Å²) in [4.78, 5) is 30.4. The maximum atomic E-state index is 12.2. The van der Waals surface area contributed by atoms with E-state index in [0.29, 0.717) is 25.1 Å². The predicted octanol–water partition coefficient (Wildman–Crippen LogP) is 1.48. The van der Waals surface area contributed by atoms with Crippen LogP contribution in [0.4, 0.5) is 0 Å². The Bertz CT molecular complexity index is 444. The number of hydrogen-bond acceptors (Lipinski definition) is 3. The third kappa shape index (κ3) is 2.94. The number of H-pyrrole nitrogens is 1. The van der Waals surface area contributed by atoms with E-state index in [1.807, 2.05) is 6.92 Å². The van der Waals surface area contributed by atoms with Gasteiger partial charge in [0.2, 0.25) is 5.91 Å². The highest BCUT2D eigenvalue weighted by Crippen LogP contribution is 2.32. The normalized spacial score (nSPS) is 24.1. The van der Waals surface area contributed by atoms with Crippen molar-refractivity contribution in [2.45, 2.75) is 38.6 Å². The molecule has 2 rings (SSSR count). The molecule has 19 heavy (non-hydrogen) atoms. The smallest absolute Gasteiger partial charge is 0.307 e. The van der Waals surface area contributed by atoms with Crippen molar-refractivity contribution >= 4 is 11.9 Å². The molecule has 3 N–H and O–H groups in total. The first-order valence-corrected chi connectivity index (χ1v) is 6.66. The lowest BCUT2D eigenvalue weighted by molar-refractivity contribution is -0.146. The van der Waals surface area contributed by atoms with Crippen molar-refractivity contribution in [3.63, 3.8) is 0 Å². The molecule has 1 amide bonds. The molecule has 1 aromatic rings. The summed E-state index contributed by atoms with van der Waals surface area (Å²) >= 11 is 0. The molecular formula is C13H19N3O3. The van der Waals surface area contributed by atoms with Crippen LogP contribution in [0.1, 0.15) is 44.5 Å². The molecule has 0 aliphatic heterocycles. The van der Waals surface area contributed by atoms with Crippen molar-refractivity contribution in [2.75, 3.05) is 0 Å². The molecule has 0 bridgehead atoms. The van der Waals surface area contributed by atoms with Crippen LogP contribution in [0.2, 0.25) is 0 Å². The summed E-state index contributed by atoms with van der Waals surface area (Å²) in [7, 11) is 0. The zero-order chi connectivity index (χ0) is 13.8. The SMILES string of the molecule is CCC(NC(=O)[C@@H]1CCC[C@@H]1C(=O)O)c1ncc[nH]1. The number of carboxylic acids is 1. The standard InChI is InChI=1S/C13H19N3O3/c1-2-10(11-14-6-7-15-11)16-12(17)8-4-3-5-9(8)13(18)19/h6-10H,2-5H2,1H3,(H,14,15)(H,16,17)(H,18,19)/t8-,9+,10?/m1/s1. The highest BCUT2D eigenvalue weighted by molar-refractivity contribution is 5.85. The summed E-state index contributed by atoms with van der Waals surface area (Å²) in [5.74, 6) is -1.30. The third-order valence-electron chi connectivity index (χ3n) is 3.74. The predicted molar refractivity (Wildman–Crippen MR) is 68.2 cm³/mol. The van der Waals surface area contributed by atoms with E-state index in [2.05, 4.69) is 15.3 Å². The number of imidazole rings is 1. The zero-order valence-corrected chi connectivity index (χ0v) is 10.9. The first kappa shape index (κ1) is 13.6. The van der Waals surface area contributed by atoms with Gasteiger partial charge in [-0.05, 0) is 19.3 Å². The summed E-state index contributed by atoms with van der Waals surface area (Å²) in [6.45, 7) is 1.96. The Hall–Kier alpha value is -1.85. The second kappa shape index (κ2) is 5.86. The van der Waals surface area contributed by atoms with E-state index in [1.54, 1.807) is 12.4 Å². The van der Waals surface area contributed by atoms with Gasteiger partial charge in [-0.2, -0.15) is 0 Å². The van der Waals surface area contributed by atoms with Gasteiger partial charge in [0.15, 0.2) is 0 Å². The summed E-state index contributed by atoms with van der Waals surface area (Å²) in [5.41, 5.74) is 0. The lowest BCUT2D eigenvalue weighted by atomic mass is 9.95. The van der Waals surface area contributed by atoms with Crippen LogP contribution in [0.15, 0.2) is 12.4 Å². The number of nitrogens with one attached hydrogen (secondary N) is 2. The summed E-state index contributed by atoms with van der Waals surface area (Å²) in [5, 5.41) is 12.0. The fraction of sp³-hybridized carbons (Fsp3) is 0.615. The van der Waals surface area contributed by atoms with Gasteiger partial charge in [0, 0.05) is 12.4 Å². The lowest BCUT2D eigenvalue weighted by Gasteiger charge is -2.20. The maximum absolute atomic E-state index is 12.2. The van der Waals surface area contributed by atoms with Crippen LogP contribution in [-0.2, 0) is 9.59 Å². The number of aromatic nitrogens is 2. The highest BCUT2D eigenvalue weighted by Gasteiger charge is 2.38. The minimum Gasteiger partial charge on any atom is -0.481 e. The fourth-order valence-electron chi connectivity index (χ4n) is 2.68. The molecule has 6 nitrogen and oxygen atoms in total. The van der Waals surface area contributed by atoms with Gasteiger partial charge in [0.1, 0.15) is 5.82 Å². The molecular weight excluding hydrogens is 246 g/mol. The highest BCUT2D eigenvalue weighted by atomic mass is 16.4. The number of amides is 1. The molecule has 1 unspecified atom stereocenters. The van der Waals surface area contributed by atoms with Crippen molar-refractivity contribution in [1.29, 1.82) is 0 Å². The minimum absolute atomic E-state index is 0.173. The third-order valence-corrected chi connectivity index (χ3v) is 3.74. The lowest BCUT2D eigenvalue weighted by Crippen LogP contribution is -2.37. The molecule has 0 aromatic carbocycles. The van der Waals surface area contributed by atoms with Crippen LogP contribution in [-0.4, -0.2) is 27.0 Å². The first-order valence-electron chi connectivity index (χ1n) is 6.66. The van der Waals surface area contributed by atoms with Gasteiger partial charge in [-0.25, -0.2) is 4.98 Å². The molecule has 1 fully saturated rings. The Kier molecular flexibility index (Phi) is 4.19. The van der Waals surface area contributed by atoms with Crippen LogP contribution >= 0.6 is 0 Å². The second-order valence-corrected chi connectivity index (χ2v) is 4.93. The summed E-state index contributed by atoms with van der Waals surface area (Å²) < 4.78 is 0. The first-order chi connectivity index (χ1) is 9.13. The Labute approximate surface area is 111 Å². The van der Waals surface area contributed by atoms with Crippen LogP contribution in [0.3, 0.4) is 0 Å². The topological polar surface area (TPSA) is 95.1 Å². The number of carbonyl (C=O) groups excluding carboxylic acids is 1. The number of rotatable bonds is 5. The average molecular weight is 265 g/mol. The maximum Gasteiger partial charge on any atom is 0.307 e. The molecule has 1 heterocycles. The average Bonchev–Trinajstić information content (AvgIpc) is 3.05. The van der Waals surface area contributed by atoms with Crippen molar-refractivity contribution in [2.24, 2.45) is 11.8 Å². The van der Waals surface area contributed by atoms with Gasteiger partial charge >= 0.3 is 5.97 Å². The molecule has 104 valence electrons. The number of carboxylic acid groups (broad SMARTS) is 1. The Morgan fingerprint density at radius 3 is 2.84 bits per heavy atom. The van der Waals surface area contributed by atoms with Gasteiger partial charge < -0.3 is 15.4 Å². The number of carbonyl (C=O) groups is 2. The van der Waals surface area contributed by atoms with Crippen molar-refractivity contribution < 1.29 is 14.7 Å². The van der Waals surface area contributed by atoms with E-state index in [9.17, 15) is 9.59 Å². The number of aromatic amines is 1.